The van der Waals surface area contributed by atoms with E-state index < -0.39 is 0 Å². The van der Waals surface area contributed by atoms with Gasteiger partial charge in [-0.3, -0.25) is 9.48 Å². The molecule has 1 aliphatic heterocycles. The summed E-state index contributed by atoms with van der Waals surface area (Å²) >= 11 is 0. The maximum Gasteiger partial charge on any atom is 0.259 e. The Labute approximate surface area is 246 Å². The zero-order valence-electron chi connectivity index (χ0n) is 23.8. The maximum absolute atomic E-state index is 13.9. The number of nitrogens with one attached hydrogen (secondary N) is 3. The number of pyridine rings is 1. The Bertz CT molecular complexity index is 2200. The predicted octanol–water partition coefficient (Wildman–Crippen LogP) is 6.42. The molecule has 0 saturated heterocycles. The highest BCUT2D eigenvalue weighted by molar-refractivity contribution is 6.16. The van der Waals surface area contributed by atoms with Gasteiger partial charge in [-0.1, -0.05) is 24.3 Å². The van der Waals surface area contributed by atoms with E-state index in [2.05, 4.69) is 42.5 Å². The van der Waals surface area contributed by atoms with Gasteiger partial charge >= 0.3 is 0 Å². The zero-order valence-corrected chi connectivity index (χ0v) is 23.8. The molecule has 0 atom stereocenters. The van der Waals surface area contributed by atoms with Crippen molar-refractivity contribution < 1.29 is 4.79 Å². The molecule has 0 bridgehead atoms. The first-order valence-corrected chi connectivity index (χ1v) is 14.0. The molecule has 10 heteroatoms. The van der Waals surface area contributed by atoms with Crippen LogP contribution in [0, 0.1) is 13.8 Å². The number of para-hydroxylation sites is 1. The number of amides is 1. The lowest BCUT2D eigenvalue weighted by molar-refractivity contribution is 0.0997. The number of carbonyl (C=O) groups excluding carboxylic acids is 1. The minimum Gasteiger partial charge on any atom is -0.359 e. The van der Waals surface area contributed by atoms with E-state index in [9.17, 15) is 4.79 Å². The standard InChI is InChI=1S/C33H27N9O/c1-18-15-37-33(38-28-14-19(2)41(3)40-28)39-29(18)25-16-36-30-22(25)7-5-9-27(30)42-17-26-20(6-4-8-24(26)32(42)43)21-10-12-34-31-23(21)11-13-35-31/h4-16,36H,17H2,1-3H3,(H,34,35)(H,37,38,39,40). The summed E-state index contributed by atoms with van der Waals surface area (Å²) < 4.78 is 1.80. The summed E-state index contributed by atoms with van der Waals surface area (Å²) in [4.78, 5) is 36.2. The number of anilines is 3. The van der Waals surface area contributed by atoms with Gasteiger partial charge in [0.1, 0.15) is 5.65 Å². The average Bonchev–Trinajstić information content (AvgIpc) is 3.80. The number of aryl methyl sites for hydroxylation is 3. The molecule has 0 fully saturated rings. The highest BCUT2D eigenvalue weighted by atomic mass is 16.2. The first-order valence-electron chi connectivity index (χ1n) is 14.0. The summed E-state index contributed by atoms with van der Waals surface area (Å²) in [6.07, 6.45) is 7.46. The molecule has 1 amide bonds. The normalized spacial score (nSPS) is 12.9. The van der Waals surface area contributed by atoms with Gasteiger partial charge in [0.15, 0.2) is 5.82 Å². The van der Waals surface area contributed by atoms with Crippen LogP contribution in [-0.4, -0.2) is 40.6 Å². The van der Waals surface area contributed by atoms with Crippen LogP contribution in [-0.2, 0) is 13.6 Å². The molecule has 2 aromatic carbocycles. The van der Waals surface area contributed by atoms with Gasteiger partial charge in [-0.2, -0.15) is 5.10 Å². The minimum atomic E-state index is -0.0183. The van der Waals surface area contributed by atoms with Crippen molar-refractivity contribution in [3.8, 4) is 22.4 Å². The molecule has 0 unspecified atom stereocenters. The predicted molar refractivity (Wildman–Crippen MR) is 167 cm³/mol. The number of H-pyrrole nitrogens is 2. The van der Waals surface area contributed by atoms with E-state index in [0.717, 1.165) is 66.8 Å². The van der Waals surface area contributed by atoms with Crippen molar-refractivity contribution in [2.75, 3.05) is 10.2 Å². The summed E-state index contributed by atoms with van der Waals surface area (Å²) in [6.45, 7) is 4.46. The molecule has 6 heterocycles. The second-order valence-electron chi connectivity index (χ2n) is 10.9. The Morgan fingerprint density at radius 3 is 2.63 bits per heavy atom. The Kier molecular flexibility index (Phi) is 5.45. The molecular formula is C33H27N9O. The molecule has 3 N–H and O–H groups in total. The number of nitrogens with zero attached hydrogens (tertiary/aromatic N) is 6. The summed E-state index contributed by atoms with van der Waals surface area (Å²) in [5.41, 5.74) is 10.1. The van der Waals surface area contributed by atoms with E-state index in [1.165, 1.54) is 0 Å². The van der Waals surface area contributed by atoms with Crippen LogP contribution < -0.4 is 10.2 Å². The summed E-state index contributed by atoms with van der Waals surface area (Å²) in [7, 11) is 1.90. The van der Waals surface area contributed by atoms with Crippen molar-refractivity contribution in [1.82, 2.24) is 34.7 Å². The van der Waals surface area contributed by atoms with Crippen molar-refractivity contribution in [3.63, 3.8) is 0 Å². The second-order valence-corrected chi connectivity index (χ2v) is 10.9. The maximum atomic E-state index is 13.9. The first kappa shape index (κ1) is 25.0. The van der Waals surface area contributed by atoms with Gasteiger partial charge in [0.2, 0.25) is 5.95 Å². The van der Waals surface area contributed by atoms with Crippen LogP contribution in [0.25, 0.3) is 44.3 Å². The second kappa shape index (κ2) is 9.38. The molecular weight excluding hydrogens is 538 g/mol. The number of hydrogen-bond acceptors (Lipinski definition) is 6. The molecule has 10 nitrogen and oxygen atoms in total. The molecule has 0 spiro atoms. The van der Waals surface area contributed by atoms with Gasteiger partial charge in [-0.25, -0.2) is 15.0 Å². The smallest absolute Gasteiger partial charge is 0.259 e. The summed E-state index contributed by atoms with van der Waals surface area (Å²) in [6, 6.07) is 18.0. The highest BCUT2D eigenvalue weighted by Crippen LogP contribution is 2.41. The summed E-state index contributed by atoms with van der Waals surface area (Å²) in [5.74, 6) is 1.14. The molecule has 0 saturated carbocycles. The fraction of sp³-hybridized carbons (Fsp3) is 0.121. The van der Waals surface area contributed by atoms with Crippen LogP contribution in [0.4, 0.5) is 17.5 Å². The topological polar surface area (TPSA) is 120 Å². The van der Waals surface area contributed by atoms with Crippen LogP contribution in [0.15, 0.2) is 79.4 Å². The molecule has 5 aromatic heterocycles. The third kappa shape index (κ3) is 3.91. The fourth-order valence-corrected chi connectivity index (χ4v) is 6.05. The third-order valence-corrected chi connectivity index (χ3v) is 8.28. The molecule has 43 heavy (non-hydrogen) atoms. The Morgan fingerprint density at radius 1 is 0.907 bits per heavy atom. The lowest BCUT2D eigenvalue weighted by Crippen LogP contribution is -2.23. The molecule has 8 rings (SSSR count). The van der Waals surface area contributed by atoms with Gasteiger partial charge in [0, 0.05) is 65.5 Å². The number of rotatable bonds is 5. The molecule has 0 radical (unpaired) electrons. The van der Waals surface area contributed by atoms with E-state index >= 15 is 0 Å². The number of aromatic nitrogens is 7. The molecule has 210 valence electrons. The summed E-state index contributed by atoms with van der Waals surface area (Å²) in [5, 5.41) is 9.70. The lowest BCUT2D eigenvalue weighted by Gasteiger charge is -2.17. The van der Waals surface area contributed by atoms with E-state index in [-0.39, 0.29) is 5.91 Å². The van der Waals surface area contributed by atoms with E-state index in [4.69, 9.17) is 4.98 Å². The number of hydrogen-bond donors (Lipinski definition) is 3. The zero-order chi connectivity index (χ0) is 29.2. The Hall–Kier alpha value is -5.77. The van der Waals surface area contributed by atoms with E-state index in [1.54, 1.807) is 10.9 Å². The van der Waals surface area contributed by atoms with Crippen molar-refractivity contribution in [2.45, 2.75) is 20.4 Å². The van der Waals surface area contributed by atoms with Crippen molar-refractivity contribution in [3.05, 3.63) is 102 Å². The number of fused-ring (bicyclic) bond motifs is 3. The molecule has 1 aliphatic rings. The lowest BCUT2D eigenvalue weighted by atomic mass is 9.96. The van der Waals surface area contributed by atoms with Gasteiger partial charge in [-0.15, -0.1) is 0 Å². The van der Waals surface area contributed by atoms with Gasteiger partial charge in [0.05, 0.1) is 23.4 Å². The van der Waals surface area contributed by atoms with Gasteiger partial charge in [-0.05, 0) is 60.4 Å². The Balaban J connectivity index is 1.18. The van der Waals surface area contributed by atoms with E-state index in [0.29, 0.717) is 23.9 Å². The number of benzene rings is 2. The minimum absolute atomic E-state index is 0.0183. The van der Waals surface area contributed by atoms with Crippen LogP contribution in [0.1, 0.15) is 27.2 Å². The van der Waals surface area contributed by atoms with Crippen molar-refractivity contribution >= 4 is 45.3 Å². The quantitative estimate of drug-likeness (QED) is 0.221. The van der Waals surface area contributed by atoms with Crippen LogP contribution >= 0.6 is 0 Å². The third-order valence-electron chi connectivity index (χ3n) is 8.28. The van der Waals surface area contributed by atoms with Crippen molar-refractivity contribution in [1.29, 1.82) is 0 Å². The highest BCUT2D eigenvalue weighted by Gasteiger charge is 2.32. The average molecular weight is 566 g/mol. The van der Waals surface area contributed by atoms with Crippen molar-refractivity contribution in [2.24, 2.45) is 7.05 Å². The van der Waals surface area contributed by atoms with Crippen LogP contribution in [0.2, 0.25) is 0 Å². The van der Waals surface area contributed by atoms with Gasteiger partial charge in [0.25, 0.3) is 5.91 Å². The number of carbonyl (C=O) groups is 1. The first-order chi connectivity index (χ1) is 21.0. The molecule has 0 aliphatic carbocycles. The van der Waals surface area contributed by atoms with Crippen LogP contribution in [0.5, 0.6) is 0 Å². The monoisotopic (exact) mass is 565 g/mol. The largest absolute Gasteiger partial charge is 0.359 e. The SMILES string of the molecule is Cc1cnc(Nc2cc(C)n(C)n2)nc1-c1c[nH]c2c(N3Cc4c(cccc4-c4ccnc5[nH]ccc45)C3=O)cccc12. The van der Waals surface area contributed by atoms with Crippen LogP contribution in [0.3, 0.4) is 0 Å². The number of aromatic amines is 2. The molecule has 7 aromatic rings. The van der Waals surface area contributed by atoms with E-state index in [1.807, 2.05) is 86.9 Å². The van der Waals surface area contributed by atoms with Gasteiger partial charge < -0.3 is 20.2 Å². The Morgan fingerprint density at radius 2 is 1.77 bits per heavy atom. The fourth-order valence-electron chi connectivity index (χ4n) is 6.05.